The molecule has 32 heavy (non-hydrogen) atoms. The Balaban J connectivity index is 1.61. The summed E-state index contributed by atoms with van der Waals surface area (Å²) in [5.74, 6) is 1.26. The quantitative estimate of drug-likeness (QED) is 0.315. The molecule has 0 amide bonds. The Hall–Kier alpha value is -1.88. The van der Waals surface area contributed by atoms with Gasteiger partial charge in [-0.2, -0.15) is 10.5 Å². The van der Waals surface area contributed by atoms with Crippen LogP contribution in [-0.4, -0.2) is 0 Å². The first-order valence-electron chi connectivity index (χ1n) is 12.0. The van der Waals surface area contributed by atoms with Crippen molar-refractivity contribution in [2.75, 3.05) is 0 Å². The highest BCUT2D eigenvalue weighted by Gasteiger charge is 2.28. The number of benzene rings is 1. The lowest BCUT2D eigenvalue weighted by Gasteiger charge is -2.25. The Morgan fingerprint density at radius 3 is 1.53 bits per heavy atom. The Labute approximate surface area is 201 Å². The van der Waals surface area contributed by atoms with E-state index in [1.807, 2.05) is 0 Å². The van der Waals surface area contributed by atoms with Crippen LogP contribution in [0.15, 0.2) is 56.0 Å². The molecule has 2 saturated carbocycles. The highest BCUT2D eigenvalue weighted by Crippen LogP contribution is 2.55. The van der Waals surface area contributed by atoms with Crippen LogP contribution in [0.1, 0.15) is 75.3 Å². The second kappa shape index (κ2) is 10.8. The van der Waals surface area contributed by atoms with Gasteiger partial charge in [0.05, 0.1) is 4.24 Å². The Bertz CT molecular complexity index is 930. The molecule has 0 aromatic heterocycles. The molecule has 1 aromatic carbocycles. The zero-order chi connectivity index (χ0) is 22.5. The van der Waals surface area contributed by atoms with Crippen molar-refractivity contribution in [2.45, 2.75) is 86.8 Å². The summed E-state index contributed by atoms with van der Waals surface area (Å²) in [4.78, 5) is 2.47. The summed E-state index contributed by atoms with van der Waals surface area (Å²) in [6.45, 7) is 8.94. The van der Waals surface area contributed by atoms with Gasteiger partial charge in [0.15, 0.2) is 0 Å². The van der Waals surface area contributed by atoms with Crippen molar-refractivity contribution in [3.8, 4) is 12.1 Å². The number of hydrogen-bond acceptors (Lipinski definition) is 4. The van der Waals surface area contributed by atoms with E-state index in [2.05, 4.69) is 37.4 Å². The molecule has 3 aliphatic rings. The summed E-state index contributed by atoms with van der Waals surface area (Å²) < 4.78 is 0.824. The third-order valence-corrected chi connectivity index (χ3v) is 10.0. The number of allylic oxidation sites excluding steroid dienone is 3. The normalized spacial score (nSPS) is 19.1. The molecule has 1 aromatic rings. The van der Waals surface area contributed by atoms with E-state index in [0.717, 1.165) is 17.1 Å². The lowest BCUT2D eigenvalue weighted by Crippen LogP contribution is -2.11. The minimum atomic E-state index is 0.227. The summed E-state index contributed by atoms with van der Waals surface area (Å²) in [6, 6.07) is 8.73. The average molecular weight is 461 g/mol. The Kier molecular flexibility index (Phi) is 7.88. The van der Waals surface area contributed by atoms with Gasteiger partial charge in [0.1, 0.15) is 17.7 Å². The van der Waals surface area contributed by atoms with Crippen molar-refractivity contribution in [3.05, 3.63) is 57.4 Å². The molecule has 0 saturated heterocycles. The zero-order valence-electron chi connectivity index (χ0n) is 18.9. The Morgan fingerprint density at radius 1 is 0.750 bits per heavy atom. The molecule has 2 aliphatic carbocycles. The third kappa shape index (κ3) is 5.19. The van der Waals surface area contributed by atoms with Crippen molar-refractivity contribution in [1.82, 2.24) is 0 Å². The zero-order valence-corrected chi connectivity index (χ0v) is 20.6. The van der Waals surface area contributed by atoms with Crippen LogP contribution in [0.4, 0.5) is 0 Å². The molecule has 4 rings (SSSR count). The van der Waals surface area contributed by atoms with Crippen molar-refractivity contribution >= 4 is 23.5 Å². The van der Waals surface area contributed by atoms with Gasteiger partial charge >= 0.3 is 0 Å². The van der Waals surface area contributed by atoms with Crippen LogP contribution < -0.4 is 0 Å². The topological polar surface area (TPSA) is 47.6 Å². The first-order valence-corrected chi connectivity index (χ1v) is 13.6. The van der Waals surface area contributed by atoms with Gasteiger partial charge < -0.3 is 0 Å². The minimum Gasteiger partial charge on any atom is -0.192 e. The van der Waals surface area contributed by atoms with Gasteiger partial charge in [-0.15, -0.1) is 0 Å². The van der Waals surface area contributed by atoms with E-state index in [4.69, 9.17) is 0 Å². The molecule has 2 nitrogen and oxygen atoms in total. The predicted molar refractivity (Wildman–Crippen MR) is 135 cm³/mol. The number of thioether (sulfide) groups is 2. The van der Waals surface area contributed by atoms with Gasteiger partial charge in [-0.05, 0) is 61.5 Å². The summed E-state index contributed by atoms with van der Waals surface area (Å²) in [7, 11) is 0. The lowest BCUT2D eigenvalue weighted by molar-refractivity contribution is 0.398. The van der Waals surface area contributed by atoms with Crippen LogP contribution in [0.2, 0.25) is 0 Å². The largest absolute Gasteiger partial charge is 0.192 e. The maximum Gasteiger partial charge on any atom is 0.150 e. The van der Waals surface area contributed by atoms with E-state index in [1.165, 1.54) is 96.3 Å². The number of nitriles is 2. The second-order valence-corrected chi connectivity index (χ2v) is 11.8. The molecular weight excluding hydrogens is 428 g/mol. The monoisotopic (exact) mass is 460 g/mol. The SMILES string of the molecule is C=C(Cc1ccc(CC(=C)C2CCCCC2)c2c1SC(=C(C#N)C#N)S2)C1CCCCC1. The second-order valence-electron chi connectivity index (χ2n) is 9.47. The average Bonchev–Trinajstić information content (AvgIpc) is 3.28. The molecule has 0 atom stereocenters. The van der Waals surface area contributed by atoms with Gasteiger partial charge in [-0.25, -0.2) is 0 Å². The van der Waals surface area contributed by atoms with E-state index < -0.39 is 0 Å². The van der Waals surface area contributed by atoms with E-state index in [9.17, 15) is 10.5 Å². The van der Waals surface area contributed by atoms with E-state index in [0.29, 0.717) is 11.8 Å². The standard InChI is InChI=1S/C28H32N2S2/c1-19(21-9-5-3-6-10-21)15-23-13-14-24(16-20(2)22-11-7-4-8-12-22)27-26(23)31-28(32-27)25(17-29)18-30/h13-14,21-22H,1-12,15-16H2. The highest BCUT2D eigenvalue weighted by molar-refractivity contribution is 8.24. The van der Waals surface area contributed by atoms with Crippen LogP contribution in [-0.2, 0) is 12.8 Å². The highest BCUT2D eigenvalue weighted by atomic mass is 32.2. The molecular formula is C28H32N2S2. The lowest BCUT2D eigenvalue weighted by atomic mass is 9.81. The van der Waals surface area contributed by atoms with E-state index >= 15 is 0 Å². The smallest absolute Gasteiger partial charge is 0.150 e. The molecule has 166 valence electrons. The molecule has 1 aliphatic heterocycles. The van der Waals surface area contributed by atoms with Gasteiger partial charge in [0.2, 0.25) is 0 Å². The molecule has 0 bridgehead atoms. The van der Waals surface area contributed by atoms with Gasteiger partial charge in [-0.1, -0.05) is 98.5 Å². The van der Waals surface area contributed by atoms with Crippen LogP contribution in [0.25, 0.3) is 0 Å². The fourth-order valence-electron chi connectivity index (χ4n) is 5.37. The first kappa shape index (κ1) is 23.3. The van der Waals surface area contributed by atoms with Crippen LogP contribution in [0.3, 0.4) is 0 Å². The Morgan fingerprint density at radius 2 is 1.16 bits per heavy atom. The molecule has 0 spiro atoms. The van der Waals surface area contributed by atoms with Crippen molar-refractivity contribution in [2.24, 2.45) is 11.8 Å². The van der Waals surface area contributed by atoms with Crippen molar-refractivity contribution in [1.29, 1.82) is 10.5 Å². The van der Waals surface area contributed by atoms with Crippen LogP contribution in [0, 0.1) is 34.5 Å². The summed E-state index contributed by atoms with van der Waals surface area (Å²) in [5.41, 5.74) is 5.51. The molecule has 0 radical (unpaired) electrons. The van der Waals surface area contributed by atoms with E-state index in [-0.39, 0.29) is 5.57 Å². The molecule has 4 heteroatoms. The van der Waals surface area contributed by atoms with Crippen LogP contribution in [0.5, 0.6) is 0 Å². The van der Waals surface area contributed by atoms with Crippen molar-refractivity contribution in [3.63, 3.8) is 0 Å². The minimum absolute atomic E-state index is 0.227. The number of fused-ring (bicyclic) bond motifs is 1. The predicted octanol–water partition coefficient (Wildman–Crippen LogP) is 8.50. The fraction of sp³-hybridized carbons (Fsp3) is 0.500. The molecule has 2 fully saturated rings. The van der Waals surface area contributed by atoms with Crippen LogP contribution >= 0.6 is 23.5 Å². The summed E-state index contributed by atoms with van der Waals surface area (Å²) in [6.07, 6.45) is 14.8. The maximum atomic E-state index is 9.45. The maximum absolute atomic E-state index is 9.45. The number of hydrogen-bond donors (Lipinski definition) is 0. The summed E-state index contributed by atoms with van der Waals surface area (Å²) >= 11 is 3.22. The van der Waals surface area contributed by atoms with Gasteiger partial charge in [0, 0.05) is 9.79 Å². The van der Waals surface area contributed by atoms with Crippen molar-refractivity contribution < 1.29 is 0 Å². The summed E-state index contributed by atoms with van der Waals surface area (Å²) in [5, 5.41) is 18.9. The van der Waals surface area contributed by atoms with Gasteiger partial charge in [-0.3, -0.25) is 0 Å². The molecule has 1 heterocycles. The van der Waals surface area contributed by atoms with Gasteiger partial charge in [0.25, 0.3) is 0 Å². The fourth-order valence-corrected chi connectivity index (χ4v) is 8.03. The number of rotatable bonds is 6. The molecule has 0 unspecified atom stereocenters. The molecule has 0 N–H and O–H groups in total. The number of nitrogens with zero attached hydrogens (tertiary/aromatic N) is 2. The van der Waals surface area contributed by atoms with E-state index in [1.54, 1.807) is 23.5 Å². The first-order chi connectivity index (χ1) is 15.6. The third-order valence-electron chi connectivity index (χ3n) is 7.29.